The summed E-state index contributed by atoms with van der Waals surface area (Å²) in [4.78, 5) is 10.2. The molecule has 1 aliphatic rings. The van der Waals surface area contributed by atoms with E-state index in [4.69, 9.17) is 0 Å². The molecule has 0 fully saturated rings. The van der Waals surface area contributed by atoms with Gasteiger partial charge < -0.3 is 0 Å². The third kappa shape index (κ3) is 3.79. The molecule has 3 aromatic carbocycles. The number of benzene rings is 3. The maximum absolute atomic E-state index is 11.3. The Labute approximate surface area is 171 Å². The standard InChI is InChI=1S/C19H15N5O5S/c25-24(26)17-8-6-15(7-9-17)22-20-19(14-4-2-1-3-5-14)21-23(22)16-10-12-18(13-11-16)30(27,28)29/h1-13H,(H,20,21)(H,27,28,29). The molecule has 1 aliphatic heterocycles. The van der Waals surface area contributed by atoms with Crippen LogP contribution in [0.2, 0.25) is 0 Å². The summed E-state index contributed by atoms with van der Waals surface area (Å²) in [6, 6.07) is 20.7. The Morgan fingerprint density at radius 1 is 0.900 bits per heavy atom. The quantitative estimate of drug-likeness (QED) is 0.363. The van der Waals surface area contributed by atoms with Gasteiger partial charge in [-0.05, 0) is 36.4 Å². The zero-order valence-corrected chi connectivity index (χ0v) is 16.1. The van der Waals surface area contributed by atoms with E-state index in [0.717, 1.165) is 5.56 Å². The van der Waals surface area contributed by atoms with Gasteiger partial charge in [0.25, 0.3) is 15.8 Å². The first kappa shape index (κ1) is 19.4. The van der Waals surface area contributed by atoms with Crippen LogP contribution < -0.4 is 15.7 Å². The molecule has 0 amide bonds. The van der Waals surface area contributed by atoms with Crippen LogP contribution in [0.4, 0.5) is 17.1 Å². The van der Waals surface area contributed by atoms with Crippen molar-refractivity contribution in [2.24, 2.45) is 5.10 Å². The van der Waals surface area contributed by atoms with Crippen LogP contribution in [0.15, 0.2) is 88.9 Å². The fourth-order valence-electron chi connectivity index (χ4n) is 2.84. The van der Waals surface area contributed by atoms with E-state index in [2.05, 4.69) is 10.5 Å². The van der Waals surface area contributed by atoms with Crippen molar-refractivity contribution in [3.63, 3.8) is 0 Å². The number of nitro groups is 1. The predicted octanol–water partition coefficient (Wildman–Crippen LogP) is 2.95. The van der Waals surface area contributed by atoms with Crippen molar-refractivity contribution in [3.8, 4) is 0 Å². The van der Waals surface area contributed by atoms with Crippen LogP contribution in [-0.4, -0.2) is 23.7 Å². The number of nitrogens with one attached hydrogen (secondary N) is 1. The summed E-state index contributed by atoms with van der Waals surface area (Å²) in [6.07, 6.45) is 0. The topological polar surface area (TPSA) is 128 Å². The number of nitrogens with zero attached hydrogens (tertiary/aromatic N) is 4. The largest absolute Gasteiger partial charge is 0.294 e. The summed E-state index contributed by atoms with van der Waals surface area (Å²) in [5, 5.41) is 18.5. The summed E-state index contributed by atoms with van der Waals surface area (Å²) >= 11 is 0. The molecule has 0 atom stereocenters. The highest BCUT2D eigenvalue weighted by Gasteiger charge is 2.27. The van der Waals surface area contributed by atoms with Crippen LogP contribution in [0.3, 0.4) is 0 Å². The Balaban J connectivity index is 1.73. The molecule has 152 valence electrons. The number of hydrazine groups is 2. The molecule has 10 nitrogen and oxygen atoms in total. The Hall–Kier alpha value is -3.96. The minimum absolute atomic E-state index is 0.0535. The second-order valence-electron chi connectivity index (χ2n) is 6.27. The molecule has 0 aromatic heterocycles. The summed E-state index contributed by atoms with van der Waals surface area (Å²) in [7, 11) is -4.32. The number of amidine groups is 1. The molecule has 0 bridgehead atoms. The molecular weight excluding hydrogens is 410 g/mol. The van der Waals surface area contributed by atoms with Gasteiger partial charge in [0.05, 0.1) is 21.2 Å². The van der Waals surface area contributed by atoms with E-state index in [1.54, 1.807) is 17.3 Å². The molecule has 0 saturated heterocycles. The van der Waals surface area contributed by atoms with Gasteiger partial charge in [0, 0.05) is 17.7 Å². The van der Waals surface area contributed by atoms with Crippen molar-refractivity contribution >= 4 is 33.0 Å². The molecule has 0 saturated carbocycles. The Morgan fingerprint density at radius 2 is 1.50 bits per heavy atom. The van der Waals surface area contributed by atoms with Crippen molar-refractivity contribution in [3.05, 3.63) is 94.5 Å². The van der Waals surface area contributed by atoms with Gasteiger partial charge in [0.1, 0.15) is 0 Å². The molecule has 0 unspecified atom stereocenters. The van der Waals surface area contributed by atoms with E-state index in [0.29, 0.717) is 17.2 Å². The molecule has 0 spiro atoms. The zero-order valence-electron chi connectivity index (χ0n) is 15.3. The monoisotopic (exact) mass is 425 g/mol. The van der Waals surface area contributed by atoms with Gasteiger partial charge in [-0.1, -0.05) is 30.3 Å². The van der Waals surface area contributed by atoms with Crippen LogP contribution in [-0.2, 0) is 10.1 Å². The van der Waals surface area contributed by atoms with E-state index >= 15 is 0 Å². The van der Waals surface area contributed by atoms with Crippen molar-refractivity contribution < 1.29 is 17.9 Å². The fourth-order valence-corrected chi connectivity index (χ4v) is 3.32. The highest BCUT2D eigenvalue weighted by molar-refractivity contribution is 7.85. The van der Waals surface area contributed by atoms with Crippen LogP contribution in [0.25, 0.3) is 0 Å². The van der Waals surface area contributed by atoms with Gasteiger partial charge in [0.15, 0.2) is 5.84 Å². The number of nitro benzene ring substituents is 1. The lowest BCUT2D eigenvalue weighted by Gasteiger charge is -2.27. The number of anilines is 2. The lowest BCUT2D eigenvalue weighted by Crippen LogP contribution is -2.44. The van der Waals surface area contributed by atoms with E-state index in [1.165, 1.54) is 41.5 Å². The van der Waals surface area contributed by atoms with Gasteiger partial charge in [-0.25, -0.2) is 0 Å². The van der Waals surface area contributed by atoms with Gasteiger partial charge >= 0.3 is 0 Å². The van der Waals surface area contributed by atoms with Gasteiger partial charge in [-0.3, -0.25) is 20.1 Å². The van der Waals surface area contributed by atoms with E-state index in [-0.39, 0.29) is 10.6 Å². The SMILES string of the molecule is O=[N+]([O-])c1ccc(N2N=C(c3ccccc3)NN2c2ccc(S(=O)(=O)O)cc2)cc1. The van der Waals surface area contributed by atoms with Crippen LogP contribution in [0, 0.1) is 10.1 Å². The van der Waals surface area contributed by atoms with Gasteiger partial charge in [-0.15, -0.1) is 5.10 Å². The van der Waals surface area contributed by atoms with Gasteiger partial charge in [-0.2, -0.15) is 18.7 Å². The molecule has 3 aromatic rings. The first-order valence-corrected chi connectivity index (χ1v) is 10.1. The van der Waals surface area contributed by atoms with Crippen molar-refractivity contribution in [1.82, 2.24) is 5.43 Å². The van der Waals surface area contributed by atoms with Crippen LogP contribution in [0.1, 0.15) is 5.56 Å². The molecule has 30 heavy (non-hydrogen) atoms. The molecule has 2 N–H and O–H groups in total. The van der Waals surface area contributed by atoms with Crippen LogP contribution >= 0.6 is 0 Å². The minimum atomic E-state index is -4.32. The highest BCUT2D eigenvalue weighted by Crippen LogP contribution is 2.28. The zero-order chi connectivity index (χ0) is 21.3. The molecule has 11 heteroatoms. The molecule has 4 rings (SSSR count). The minimum Gasteiger partial charge on any atom is -0.282 e. The molecule has 1 heterocycles. The van der Waals surface area contributed by atoms with Crippen LogP contribution in [0.5, 0.6) is 0 Å². The van der Waals surface area contributed by atoms with Gasteiger partial charge in [0.2, 0.25) is 0 Å². The first-order valence-electron chi connectivity index (χ1n) is 8.66. The normalized spacial score (nSPS) is 13.7. The smallest absolute Gasteiger partial charge is 0.282 e. The average molecular weight is 425 g/mol. The van der Waals surface area contributed by atoms with Crippen molar-refractivity contribution in [1.29, 1.82) is 0 Å². The number of hydrogen-bond acceptors (Lipinski definition) is 8. The maximum atomic E-state index is 11.3. The third-order valence-electron chi connectivity index (χ3n) is 4.31. The molecule has 0 radical (unpaired) electrons. The second-order valence-corrected chi connectivity index (χ2v) is 7.69. The maximum Gasteiger partial charge on any atom is 0.294 e. The first-order chi connectivity index (χ1) is 14.3. The Morgan fingerprint density at radius 3 is 2.07 bits per heavy atom. The average Bonchev–Trinajstić information content (AvgIpc) is 3.19. The second kappa shape index (κ2) is 7.46. The van der Waals surface area contributed by atoms with Crippen molar-refractivity contribution in [2.75, 3.05) is 10.2 Å². The lowest BCUT2D eigenvalue weighted by molar-refractivity contribution is -0.384. The predicted molar refractivity (Wildman–Crippen MR) is 110 cm³/mol. The number of hydrogen-bond donors (Lipinski definition) is 2. The van der Waals surface area contributed by atoms with E-state index < -0.39 is 15.0 Å². The third-order valence-corrected chi connectivity index (χ3v) is 5.18. The van der Waals surface area contributed by atoms with E-state index in [1.807, 2.05) is 30.3 Å². The number of non-ortho nitro benzene ring substituents is 1. The summed E-state index contributed by atoms with van der Waals surface area (Å²) in [5.41, 5.74) is 4.95. The number of rotatable bonds is 5. The fraction of sp³-hybridized carbons (Fsp3) is 0. The highest BCUT2D eigenvalue weighted by atomic mass is 32.2. The Kier molecular flexibility index (Phi) is 4.82. The number of hydrazone groups is 1. The van der Waals surface area contributed by atoms with Crippen molar-refractivity contribution in [2.45, 2.75) is 4.90 Å². The Bertz CT molecular complexity index is 1210. The molecular formula is C19H15N5O5S. The lowest BCUT2D eigenvalue weighted by atomic mass is 10.2. The van der Waals surface area contributed by atoms with E-state index in [9.17, 15) is 23.1 Å². The summed E-state index contributed by atoms with van der Waals surface area (Å²) < 4.78 is 31.8. The molecule has 0 aliphatic carbocycles. The summed E-state index contributed by atoms with van der Waals surface area (Å²) in [6.45, 7) is 0. The summed E-state index contributed by atoms with van der Waals surface area (Å²) in [5.74, 6) is 0.521.